The third kappa shape index (κ3) is 4.59. The van der Waals surface area contributed by atoms with Crippen LogP contribution in [0.4, 0.5) is 11.4 Å². The highest BCUT2D eigenvalue weighted by Gasteiger charge is 2.21. The summed E-state index contributed by atoms with van der Waals surface area (Å²) in [5.74, 6) is -0.136. The maximum Gasteiger partial charge on any atom is 0.250 e. The minimum atomic E-state index is -0.253. The molecule has 0 spiro atoms. The van der Waals surface area contributed by atoms with Gasteiger partial charge in [-0.3, -0.25) is 9.59 Å². The Morgan fingerprint density at radius 2 is 2.04 bits per heavy atom. The average molecular weight is 359 g/mol. The number of benzene rings is 2. The lowest BCUT2D eigenvalue weighted by molar-refractivity contribution is -0.121. The lowest BCUT2D eigenvalue weighted by Gasteiger charge is -2.16. The van der Waals surface area contributed by atoms with Gasteiger partial charge in [-0.25, -0.2) is 0 Å². The minimum Gasteiger partial charge on any atom is -0.367 e. The third-order valence-corrected chi connectivity index (χ3v) is 4.33. The van der Waals surface area contributed by atoms with Gasteiger partial charge in [-0.15, -0.1) is 0 Å². The molecule has 1 saturated heterocycles. The van der Waals surface area contributed by atoms with Crippen molar-refractivity contribution in [1.29, 1.82) is 0 Å². The fourth-order valence-electron chi connectivity index (χ4n) is 2.74. The molecule has 1 heterocycles. The second-order valence-corrected chi connectivity index (χ2v) is 6.24. The molecule has 0 atom stereocenters. The van der Waals surface area contributed by atoms with E-state index >= 15 is 0 Å². The summed E-state index contributed by atoms with van der Waals surface area (Å²) in [4.78, 5) is 25.6. The maximum absolute atomic E-state index is 12.0. The molecule has 25 heavy (non-hydrogen) atoms. The van der Waals surface area contributed by atoms with Crippen molar-refractivity contribution >= 4 is 34.8 Å². The number of anilines is 2. The van der Waals surface area contributed by atoms with Crippen molar-refractivity contribution in [2.24, 2.45) is 0 Å². The molecule has 130 valence electrons. The number of hydrogen-bond donors (Lipinski definition) is 1. The molecule has 0 unspecified atom stereocenters. The van der Waals surface area contributed by atoms with Crippen molar-refractivity contribution in [3.05, 3.63) is 59.1 Å². The first-order valence-corrected chi connectivity index (χ1v) is 8.53. The van der Waals surface area contributed by atoms with Crippen LogP contribution in [-0.2, 0) is 20.9 Å². The Hall–Kier alpha value is -2.37. The molecule has 0 radical (unpaired) electrons. The molecule has 2 aromatic carbocycles. The van der Waals surface area contributed by atoms with Gasteiger partial charge in [0.15, 0.2) is 0 Å². The van der Waals surface area contributed by atoms with E-state index in [4.69, 9.17) is 16.3 Å². The molecule has 0 aliphatic carbocycles. The van der Waals surface area contributed by atoms with Crippen LogP contribution in [0.3, 0.4) is 0 Å². The molecule has 1 N–H and O–H groups in total. The van der Waals surface area contributed by atoms with Gasteiger partial charge < -0.3 is 15.0 Å². The smallest absolute Gasteiger partial charge is 0.250 e. The highest BCUT2D eigenvalue weighted by Crippen LogP contribution is 2.24. The predicted molar refractivity (Wildman–Crippen MR) is 97.8 cm³/mol. The Kier molecular flexibility index (Phi) is 5.68. The van der Waals surface area contributed by atoms with E-state index in [-0.39, 0.29) is 25.0 Å². The number of hydrogen-bond acceptors (Lipinski definition) is 3. The summed E-state index contributed by atoms with van der Waals surface area (Å²) in [5.41, 5.74) is 2.28. The molecule has 0 aromatic heterocycles. The Balaban J connectivity index is 1.53. The molecule has 5 nitrogen and oxygen atoms in total. The van der Waals surface area contributed by atoms with Crippen LogP contribution in [0, 0.1) is 0 Å². The zero-order valence-electron chi connectivity index (χ0n) is 13.7. The Morgan fingerprint density at radius 3 is 2.80 bits per heavy atom. The zero-order valence-corrected chi connectivity index (χ0v) is 14.5. The van der Waals surface area contributed by atoms with Crippen molar-refractivity contribution in [2.75, 3.05) is 23.4 Å². The topological polar surface area (TPSA) is 58.6 Å². The van der Waals surface area contributed by atoms with Crippen LogP contribution in [-0.4, -0.2) is 25.0 Å². The van der Waals surface area contributed by atoms with Crippen molar-refractivity contribution in [1.82, 2.24) is 0 Å². The molecular weight excluding hydrogens is 340 g/mol. The van der Waals surface area contributed by atoms with Gasteiger partial charge in [0.05, 0.1) is 6.61 Å². The standard InChI is InChI=1S/C19H19ClN2O3/c20-17-8-2-1-5-14(17)12-25-13-18(23)21-15-6-3-7-16(11-15)22-10-4-9-19(22)24/h1-3,5-8,11H,4,9-10,12-13H2,(H,21,23). The van der Waals surface area contributed by atoms with Crippen molar-refractivity contribution in [2.45, 2.75) is 19.4 Å². The number of carbonyl (C=O) groups excluding carboxylic acids is 2. The Labute approximate surface area is 151 Å². The lowest BCUT2D eigenvalue weighted by Crippen LogP contribution is -2.24. The van der Waals surface area contributed by atoms with Gasteiger partial charge in [-0.2, -0.15) is 0 Å². The number of nitrogens with one attached hydrogen (secondary N) is 1. The molecule has 2 aromatic rings. The zero-order chi connectivity index (χ0) is 17.6. The summed E-state index contributed by atoms with van der Waals surface area (Å²) < 4.78 is 5.42. The minimum absolute atomic E-state index is 0.0713. The van der Waals surface area contributed by atoms with Crippen molar-refractivity contribution in [3.8, 4) is 0 Å². The summed E-state index contributed by atoms with van der Waals surface area (Å²) in [7, 11) is 0. The van der Waals surface area contributed by atoms with E-state index in [1.807, 2.05) is 30.3 Å². The molecule has 0 saturated carbocycles. The second-order valence-electron chi connectivity index (χ2n) is 5.83. The Morgan fingerprint density at radius 1 is 1.20 bits per heavy atom. The molecule has 3 rings (SSSR count). The van der Waals surface area contributed by atoms with Crippen molar-refractivity contribution < 1.29 is 14.3 Å². The lowest BCUT2D eigenvalue weighted by atomic mass is 10.2. The van der Waals surface area contributed by atoms with Crippen LogP contribution in [0.1, 0.15) is 18.4 Å². The number of rotatable bonds is 6. The third-order valence-electron chi connectivity index (χ3n) is 3.96. The summed E-state index contributed by atoms with van der Waals surface area (Å²) in [5, 5.41) is 3.40. The van der Waals surface area contributed by atoms with E-state index in [9.17, 15) is 9.59 Å². The molecule has 1 fully saturated rings. The highest BCUT2D eigenvalue weighted by atomic mass is 35.5. The molecular formula is C19H19ClN2O3. The van der Waals surface area contributed by atoms with Gasteiger partial charge in [0.1, 0.15) is 6.61 Å². The summed E-state index contributed by atoms with van der Waals surface area (Å²) in [6.45, 7) is 0.921. The van der Waals surface area contributed by atoms with Gasteiger partial charge in [-0.1, -0.05) is 35.9 Å². The van der Waals surface area contributed by atoms with E-state index in [1.54, 1.807) is 23.1 Å². The molecule has 6 heteroatoms. The molecule has 2 amide bonds. The van der Waals surface area contributed by atoms with E-state index in [0.717, 1.165) is 24.2 Å². The maximum atomic E-state index is 12.0. The average Bonchev–Trinajstić information content (AvgIpc) is 3.03. The predicted octanol–water partition coefficient (Wildman–Crippen LogP) is 3.62. The number of nitrogens with zero attached hydrogens (tertiary/aromatic N) is 1. The van der Waals surface area contributed by atoms with Crippen LogP contribution < -0.4 is 10.2 Å². The molecule has 1 aliphatic rings. The first-order valence-electron chi connectivity index (χ1n) is 8.15. The van der Waals surface area contributed by atoms with Crippen LogP contribution in [0.5, 0.6) is 0 Å². The largest absolute Gasteiger partial charge is 0.367 e. The van der Waals surface area contributed by atoms with E-state index in [0.29, 0.717) is 17.1 Å². The first kappa shape index (κ1) is 17.5. The normalized spacial score (nSPS) is 14.0. The van der Waals surface area contributed by atoms with Crippen LogP contribution in [0.25, 0.3) is 0 Å². The van der Waals surface area contributed by atoms with Crippen LogP contribution >= 0.6 is 11.6 Å². The SMILES string of the molecule is O=C(COCc1ccccc1Cl)Nc1cccc(N2CCCC2=O)c1. The van der Waals surface area contributed by atoms with E-state index in [1.165, 1.54) is 0 Å². The Bertz CT molecular complexity index is 779. The summed E-state index contributed by atoms with van der Waals surface area (Å²) >= 11 is 6.05. The summed E-state index contributed by atoms with van der Waals surface area (Å²) in [6.07, 6.45) is 1.44. The van der Waals surface area contributed by atoms with Crippen LogP contribution in [0.15, 0.2) is 48.5 Å². The van der Waals surface area contributed by atoms with E-state index < -0.39 is 0 Å². The number of ether oxygens (including phenoxy) is 1. The second kappa shape index (κ2) is 8.14. The fourth-order valence-corrected chi connectivity index (χ4v) is 2.93. The highest BCUT2D eigenvalue weighted by molar-refractivity contribution is 6.31. The van der Waals surface area contributed by atoms with Gasteiger partial charge in [0.2, 0.25) is 11.8 Å². The van der Waals surface area contributed by atoms with E-state index in [2.05, 4.69) is 5.32 Å². The number of halogens is 1. The van der Waals surface area contributed by atoms with Crippen molar-refractivity contribution in [3.63, 3.8) is 0 Å². The summed E-state index contributed by atoms with van der Waals surface area (Å²) in [6, 6.07) is 14.6. The molecule has 0 bridgehead atoms. The fraction of sp³-hybridized carbons (Fsp3) is 0.263. The molecule has 1 aliphatic heterocycles. The van der Waals surface area contributed by atoms with Gasteiger partial charge in [-0.05, 0) is 36.2 Å². The first-order chi connectivity index (χ1) is 12.1. The number of amides is 2. The van der Waals surface area contributed by atoms with Gasteiger partial charge in [0.25, 0.3) is 0 Å². The van der Waals surface area contributed by atoms with Crippen LogP contribution in [0.2, 0.25) is 5.02 Å². The quantitative estimate of drug-likeness (QED) is 0.858. The van der Waals surface area contributed by atoms with Gasteiger partial charge in [0, 0.05) is 29.4 Å². The van der Waals surface area contributed by atoms with Gasteiger partial charge >= 0.3 is 0 Å². The number of carbonyl (C=O) groups is 2. The monoisotopic (exact) mass is 358 g/mol.